The lowest BCUT2D eigenvalue weighted by Gasteiger charge is -2.39. The molecule has 6 aromatic rings. The first-order valence-corrected chi connectivity index (χ1v) is 20.0. The maximum absolute atomic E-state index is 6.28. The van der Waals surface area contributed by atoms with Crippen LogP contribution in [0.25, 0.3) is 44.3 Å². The van der Waals surface area contributed by atoms with Gasteiger partial charge in [0.1, 0.15) is 0 Å². The van der Waals surface area contributed by atoms with Gasteiger partial charge >= 0.3 is 0 Å². The zero-order chi connectivity index (χ0) is 37.7. The first kappa shape index (κ1) is 38.1. The Morgan fingerprint density at radius 2 is 0.982 bits per heavy atom. The van der Waals surface area contributed by atoms with Crippen molar-refractivity contribution in [1.82, 2.24) is 15.3 Å². The van der Waals surface area contributed by atoms with Crippen molar-refractivity contribution in [2.45, 2.75) is 37.3 Å². The fourth-order valence-electron chi connectivity index (χ4n) is 7.56. The van der Waals surface area contributed by atoms with E-state index >= 15 is 0 Å². The lowest BCUT2D eigenvalue weighted by Crippen LogP contribution is -2.45. The number of ether oxygens (including phenoxy) is 4. The number of halogens is 3. The molecule has 0 amide bonds. The number of pyridine rings is 2. The Bertz CT molecular complexity index is 2210. The van der Waals surface area contributed by atoms with Crippen LogP contribution in [0.4, 0.5) is 5.69 Å². The molecule has 6 heterocycles. The molecule has 4 aromatic carbocycles. The van der Waals surface area contributed by atoms with E-state index < -0.39 is 0 Å². The minimum Gasteiger partial charge on any atom is -0.371 e. The maximum atomic E-state index is 6.28. The Kier molecular flexibility index (Phi) is 11.8. The first-order chi connectivity index (χ1) is 26.9. The molecule has 1 N–H and O–H groups in total. The van der Waals surface area contributed by atoms with E-state index in [4.69, 9.17) is 58.7 Å². The zero-order valence-electron chi connectivity index (χ0n) is 30.5. The minimum atomic E-state index is -0.363. The summed E-state index contributed by atoms with van der Waals surface area (Å²) in [4.78, 5) is 11.9. The summed E-state index contributed by atoms with van der Waals surface area (Å²) in [6.07, 6.45) is 3.79. The summed E-state index contributed by atoms with van der Waals surface area (Å²) in [6, 6.07) is 35.7. The highest BCUT2D eigenvalue weighted by Crippen LogP contribution is 2.37. The number of fused-ring (bicyclic) bond motifs is 2. The molecule has 0 aliphatic carbocycles. The Balaban J connectivity index is 0.000000130. The van der Waals surface area contributed by atoms with Gasteiger partial charge in [-0.2, -0.15) is 0 Å². The fraction of sp³-hybridized carbons (Fsp3) is 0.318. The molecule has 0 atom stereocenters. The maximum Gasteiger partial charge on any atom is 0.171 e. The molecule has 4 aliphatic rings. The van der Waals surface area contributed by atoms with Gasteiger partial charge in [-0.05, 0) is 48.5 Å². The van der Waals surface area contributed by atoms with Crippen molar-refractivity contribution in [3.63, 3.8) is 0 Å². The summed E-state index contributed by atoms with van der Waals surface area (Å²) < 4.78 is 22.8. The van der Waals surface area contributed by atoms with Gasteiger partial charge in [0.15, 0.2) is 11.6 Å². The summed E-state index contributed by atoms with van der Waals surface area (Å²) in [5, 5.41) is 7.59. The SMILES string of the molecule is C1CC2(CCN1)OCCO2.Clc1ccc(-c2cc(Cl)c3ccccc3n2)cc1.Clc1ccc(-c2cc(N3CCC4(CC3)OCCO4)c3ccccc3n2)cc1. The van der Waals surface area contributed by atoms with Crippen LogP contribution < -0.4 is 10.2 Å². The van der Waals surface area contributed by atoms with Crippen molar-refractivity contribution in [2.75, 3.05) is 57.5 Å². The Morgan fingerprint density at radius 3 is 1.53 bits per heavy atom. The third-order valence-electron chi connectivity index (χ3n) is 10.5. The molecule has 0 unspecified atom stereocenters. The Morgan fingerprint density at radius 1 is 0.527 bits per heavy atom. The van der Waals surface area contributed by atoms with Crippen molar-refractivity contribution in [3.8, 4) is 22.5 Å². The number of para-hydroxylation sites is 2. The van der Waals surface area contributed by atoms with Crippen LogP contribution in [0.3, 0.4) is 0 Å². The molecule has 0 saturated carbocycles. The third kappa shape index (κ3) is 8.93. The second-order valence-corrected chi connectivity index (χ2v) is 15.3. The molecule has 2 aromatic heterocycles. The number of anilines is 1. The molecule has 10 rings (SSSR count). The van der Waals surface area contributed by atoms with Crippen LogP contribution in [0.15, 0.2) is 109 Å². The van der Waals surface area contributed by atoms with Crippen molar-refractivity contribution >= 4 is 62.3 Å². The topological polar surface area (TPSA) is 78.0 Å². The average molecular weight is 798 g/mol. The number of nitrogens with zero attached hydrogens (tertiary/aromatic N) is 3. The summed E-state index contributed by atoms with van der Waals surface area (Å²) >= 11 is 18.2. The van der Waals surface area contributed by atoms with Gasteiger partial charge in [0.25, 0.3) is 0 Å². The number of benzene rings is 4. The van der Waals surface area contributed by atoms with Gasteiger partial charge in [0.2, 0.25) is 0 Å². The quantitative estimate of drug-likeness (QED) is 0.190. The van der Waals surface area contributed by atoms with E-state index in [1.165, 1.54) is 11.1 Å². The fourth-order valence-corrected chi connectivity index (χ4v) is 8.07. The highest BCUT2D eigenvalue weighted by atomic mass is 35.5. The van der Waals surface area contributed by atoms with Crippen molar-refractivity contribution in [2.24, 2.45) is 0 Å². The van der Waals surface area contributed by atoms with E-state index in [9.17, 15) is 0 Å². The summed E-state index contributed by atoms with van der Waals surface area (Å²) in [5.41, 5.74) is 7.03. The molecule has 2 spiro atoms. The lowest BCUT2D eigenvalue weighted by molar-refractivity contribution is -0.172. The smallest absolute Gasteiger partial charge is 0.171 e. The number of aromatic nitrogens is 2. The summed E-state index contributed by atoms with van der Waals surface area (Å²) in [5.74, 6) is -0.552. The molecule has 55 heavy (non-hydrogen) atoms. The number of nitrogens with one attached hydrogen (secondary N) is 1. The average Bonchev–Trinajstić information content (AvgIpc) is 3.88. The second-order valence-electron chi connectivity index (χ2n) is 14.0. The van der Waals surface area contributed by atoms with Gasteiger partial charge in [-0.15, -0.1) is 0 Å². The molecular weight excluding hydrogens is 755 g/mol. The van der Waals surface area contributed by atoms with Crippen molar-refractivity contribution in [1.29, 1.82) is 0 Å². The van der Waals surface area contributed by atoms with Crippen molar-refractivity contribution in [3.05, 3.63) is 124 Å². The van der Waals surface area contributed by atoms with Gasteiger partial charge in [0.05, 0.1) is 53.9 Å². The van der Waals surface area contributed by atoms with Gasteiger partial charge < -0.3 is 29.2 Å². The van der Waals surface area contributed by atoms with Crippen LogP contribution in [0.1, 0.15) is 25.7 Å². The summed E-state index contributed by atoms with van der Waals surface area (Å²) in [7, 11) is 0. The molecule has 4 saturated heterocycles. The zero-order valence-corrected chi connectivity index (χ0v) is 32.8. The van der Waals surface area contributed by atoms with E-state index in [2.05, 4.69) is 39.5 Å². The molecule has 11 heteroatoms. The second kappa shape index (κ2) is 17.1. The van der Waals surface area contributed by atoms with Gasteiger partial charge in [-0.25, -0.2) is 9.97 Å². The minimum absolute atomic E-state index is 0.189. The lowest BCUT2D eigenvalue weighted by atomic mass is 10.0. The monoisotopic (exact) mass is 796 g/mol. The molecule has 4 fully saturated rings. The number of piperidine rings is 2. The van der Waals surface area contributed by atoms with Crippen LogP contribution in [0.5, 0.6) is 0 Å². The molecule has 0 bridgehead atoms. The van der Waals surface area contributed by atoms with Crippen LogP contribution in [-0.2, 0) is 18.9 Å². The van der Waals surface area contributed by atoms with E-state index in [1.807, 2.05) is 84.9 Å². The standard InChI is InChI=1S/C22H21ClN2O2.C15H9Cl2N.C7H13NO2/c23-17-7-5-16(6-8-17)20-15-21(18-3-1-2-4-19(18)24-20)25-11-9-22(10-12-25)26-13-14-27-22;16-11-7-5-10(6-8-11)15-9-13(17)12-3-1-2-4-14(12)18-15;1-3-8-4-2-7(1)9-5-6-10-7/h1-8,15H,9-14H2;1-9H;8H,1-6H2. The number of hydrogen-bond acceptors (Lipinski definition) is 8. The normalized spacial score (nSPS) is 18.6. The van der Waals surface area contributed by atoms with Crippen LogP contribution in [0.2, 0.25) is 15.1 Å². The Labute approximate surface area is 336 Å². The molecular formula is C44H43Cl3N4O4. The van der Waals surface area contributed by atoms with Crippen LogP contribution in [-0.4, -0.2) is 74.1 Å². The molecule has 8 nitrogen and oxygen atoms in total. The highest BCUT2D eigenvalue weighted by molar-refractivity contribution is 6.35. The predicted molar refractivity (Wildman–Crippen MR) is 222 cm³/mol. The van der Waals surface area contributed by atoms with E-state index in [0.717, 1.165) is 109 Å². The van der Waals surface area contributed by atoms with E-state index in [1.54, 1.807) is 0 Å². The van der Waals surface area contributed by atoms with Gasteiger partial charge in [-0.3, -0.25) is 0 Å². The number of hydrogen-bond donors (Lipinski definition) is 1. The number of rotatable bonds is 3. The molecule has 284 valence electrons. The first-order valence-electron chi connectivity index (χ1n) is 18.9. The predicted octanol–water partition coefficient (Wildman–Crippen LogP) is 10.2. The van der Waals surface area contributed by atoms with Crippen molar-refractivity contribution < 1.29 is 18.9 Å². The van der Waals surface area contributed by atoms with Crippen LogP contribution >= 0.6 is 34.8 Å². The third-order valence-corrected chi connectivity index (χ3v) is 11.3. The largest absolute Gasteiger partial charge is 0.371 e. The Hall–Kier alpha value is -3.83. The van der Waals surface area contributed by atoms with E-state index in [0.29, 0.717) is 23.3 Å². The highest BCUT2D eigenvalue weighted by Gasteiger charge is 2.40. The molecule has 4 aliphatic heterocycles. The molecule has 0 radical (unpaired) electrons. The van der Waals surface area contributed by atoms with E-state index in [-0.39, 0.29) is 11.6 Å². The van der Waals surface area contributed by atoms with Gasteiger partial charge in [-0.1, -0.05) is 95.5 Å². The summed E-state index contributed by atoms with van der Waals surface area (Å²) in [6.45, 7) is 6.85. The van der Waals surface area contributed by atoms with Crippen LogP contribution in [0, 0.1) is 0 Å². The van der Waals surface area contributed by atoms with Gasteiger partial charge in [0, 0.05) is 89.5 Å².